The molecule has 0 aliphatic heterocycles. The third kappa shape index (κ3) is 3.72. The number of aliphatic hydroxyl groups is 1. The van der Waals surface area contributed by atoms with Gasteiger partial charge < -0.3 is 9.84 Å². The molecule has 0 bridgehead atoms. The molecule has 0 amide bonds. The fraction of sp³-hybridized carbons (Fsp3) is 0.300. The monoisotopic (exact) mass is 335 g/mol. The molecule has 1 fully saturated rings. The second-order valence-electron chi connectivity index (χ2n) is 6.47. The van der Waals surface area contributed by atoms with Crippen molar-refractivity contribution in [3.05, 3.63) is 77.6 Å². The number of aliphatic hydroxyl groups excluding tert-OH is 1. The largest absolute Gasteiger partial charge is 0.489 e. The van der Waals surface area contributed by atoms with Gasteiger partial charge in [-0.15, -0.1) is 5.10 Å². The normalized spacial score (nSPS) is 15.1. The van der Waals surface area contributed by atoms with E-state index in [1.807, 2.05) is 41.2 Å². The van der Waals surface area contributed by atoms with Gasteiger partial charge in [0.2, 0.25) is 0 Å². The summed E-state index contributed by atoms with van der Waals surface area (Å²) in [6.45, 7) is 0.485. The lowest BCUT2D eigenvalue weighted by Gasteiger charge is -2.17. The zero-order valence-corrected chi connectivity index (χ0v) is 14.0. The third-order valence-electron chi connectivity index (χ3n) is 4.54. The maximum atomic E-state index is 9.21. The minimum atomic E-state index is -0.0797. The summed E-state index contributed by atoms with van der Waals surface area (Å²) in [5.41, 5.74) is 2.96. The highest BCUT2D eigenvalue weighted by molar-refractivity contribution is 5.31. The molecular weight excluding hydrogens is 314 g/mol. The predicted octanol–water partition coefficient (Wildman–Crippen LogP) is 3.35. The minimum Gasteiger partial charge on any atom is -0.489 e. The van der Waals surface area contributed by atoms with E-state index in [1.54, 1.807) is 0 Å². The van der Waals surface area contributed by atoms with E-state index in [-0.39, 0.29) is 12.6 Å². The number of nitrogens with zero attached hydrogens (tertiary/aromatic N) is 3. The molecule has 5 heteroatoms. The van der Waals surface area contributed by atoms with E-state index >= 15 is 0 Å². The van der Waals surface area contributed by atoms with Crippen molar-refractivity contribution in [1.82, 2.24) is 15.0 Å². The van der Waals surface area contributed by atoms with Crippen LogP contribution < -0.4 is 4.74 Å². The molecule has 5 nitrogen and oxygen atoms in total. The second kappa shape index (κ2) is 7.07. The highest BCUT2D eigenvalue weighted by Gasteiger charge is 2.34. The Labute approximate surface area is 146 Å². The Bertz CT molecular complexity index is 810. The van der Waals surface area contributed by atoms with Crippen molar-refractivity contribution in [3.8, 4) is 5.75 Å². The Kier molecular flexibility index (Phi) is 4.48. The summed E-state index contributed by atoms with van der Waals surface area (Å²) in [6, 6.07) is 18.5. The van der Waals surface area contributed by atoms with Crippen molar-refractivity contribution in [3.63, 3.8) is 0 Å². The number of hydrogen-bond donors (Lipinski definition) is 1. The van der Waals surface area contributed by atoms with Gasteiger partial charge in [0.05, 0.1) is 18.8 Å². The third-order valence-corrected chi connectivity index (χ3v) is 4.54. The second-order valence-corrected chi connectivity index (χ2v) is 6.47. The Morgan fingerprint density at radius 2 is 1.84 bits per heavy atom. The molecule has 1 unspecified atom stereocenters. The van der Waals surface area contributed by atoms with Crippen molar-refractivity contribution in [2.24, 2.45) is 5.92 Å². The van der Waals surface area contributed by atoms with Gasteiger partial charge in [0, 0.05) is 0 Å². The van der Waals surface area contributed by atoms with Gasteiger partial charge in [-0.3, -0.25) is 0 Å². The van der Waals surface area contributed by atoms with E-state index in [4.69, 9.17) is 4.74 Å². The maximum Gasteiger partial charge on any atom is 0.119 e. The lowest BCUT2D eigenvalue weighted by Crippen LogP contribution is -2.13. The van der Waals surface area contributed by atoms with E-state index in [0.29, 0.717) is 18.2 Å². The predicted molar refractivity (Wildman–Crippen MR) is 94.0 cm³/mol. The van der Waals surface area contributed by atoms with Gasteiger partial charge in [-0.05, 0) is 42.0 Å². The molecule has 4 rings (SSSR count). The molecule has 3 aromatic rings. The molecule has 25 heavy (non-hydrogen) atoms. The number of rotatable bonds is 7. The summed E-state index contributed by atoms with van der Waals surface area (Å²) >= 11 is 0. The van der Waals surface area contributed by atoms with Crippen LogP contribution in [0.2, 0.25) is 0 Å². The zero-order valence-electron chi connectivity index (χ0n) is 14.0. The fourth-order valence-electron chi connectivity index (χ4n) is 3.08. The molecule has 1 heterocycles. The topological polar surface area (TPSA) is 60.2 Å². The first-order valence-electron chi connectivity index (χ1n) is 8.62. The lowest BCUT2D eigenvalue weighted by molar-refractivity contribution is 0.276. The average Bonchev–Trinajstić information content (AvgIpc) is 3.38. The van der Waals surface area contributed by atoms with Crippen LogP contribution in [-0.2, 0) is 13.2 Å². The van der Waals surface area contributed by atoms with E-state index in [9.17, 15) is 5.11 Å². The first-order chi connectivity index (χ1) is 12.3. The lowest BCUT2D eigenvalue weighted by atomic mass is 10.0. The van der Waals surface area contributed by atoms with Crippen LogP contribution in [0.25, 0.3) is 0 Å². The summed E-state index contributed by atoms with van der Waals surface area (Å²) in [4.78, 5) is 0. The van der Waals surface area contributed by atoms with Crippen LogP contribution in [0.4, 0.5) is 0 Å². The molecule has 1 aliphatic carbocycles. The molecule has 128 valence electrons. The van der Waals surface area contributed by atoms with E-state index < -0.39 is 0 Å². The Morgan fingerprint density at radius 3 is 2.48 bits per heavy atom. The van der Waals surface area contributed by atoms with Gasteiger partial charge in [-0.2, -0.15) is 0 Å². The molecule has 1 N–H and O–H groups in total. The molecule has 2 aromatic carbocycles. The van der Waals surface area contributed by atoms with Crippen LogP contribution in [0.1, 0.15) is 35.7 Å². The number of ether oxygens (including phenoxy) is 1. The Morgan fingerprint density at radius 1 is 1.08 bits per heavy atom. The quantitative estimate of drug-likeness (QED) is 0.719. The summed E-state index contributed by atoms with van der Waals surface area (Å²) in [6.07, 6.45) is 4.24. The van der Waals surface area contributed by atoms with Crippen LogP contribution in [0.3, 0.4) is 0 Å². The van der Waals surface area contributed by atoms with Crippen LogP contribution in [0.15, 0.2) is 60.8 Å². The van der Waals surface area contributed by atoms with Crippen molar-refractivity contribution >= 4 is 0 Å². The number of benzene rings is 2. The summed E-state index contributed by atoms with van der Waals surface area (Å²) in [5.74, 6) is 1.45. The Balaban J connectivity index is 1.48. The SMILES string of the molecule is OCc1cn(C(c2ccc(OCc3ccccc3)cc2)C2CC2)nn1. The van der Waals surface area contributed by atoms with Gasteiger partial charge in [-0.1, -0.05) is 47.7 Å². The van der Waals surface area contributed by atoms with Crippen molar-refractivity contribution in [2.45, 2.75) is 32.1 Å². The molecule has 1 atom stereocenters. The molecule has 0 spiro atoms. The van der Waals surface area contributed by atoms with Crippen LogP contribution >= 0.6 is 0 Å². The van der Waals surface area contributed by atoms with Gasteiger partial charge >= 0.3 is 0 Å². The van der Waals surface area contributed by atoms with Gasteiger partial charge in [0.25, 0.3) is 0 Å². The molecular formula is C20H21N3O2. The van der Waals surface area contributed by atoms with Gasteiger partial charge in [0.15, 0.2) is 0 Å². The van der Waals surface area contributed by atoms with E-state index in [2.05, 4.69) is 34.6 Å². The first kappa shape index (κ1) is 15.8. The molecule has 1 aliphatic rings. The summed E-state index contributed by atoms with van der Waals surface area (Å²) in [7, 11) is 0. The molecule has 1 aromatic heterocycles. The molecule has 1 saturated carbocycles. The highest BCUT2D eigenvalue weighted by atomic mass is 16.5. The Hall–Kier alpha value is -2.66. The van der Waals surface area contributed by atoms with E-state index in [1.165, 1.54) is 18.4 Å². The standard InChI is InChI=1S/C20H21N3O2/c24-13-18-12-23(22-21-18)20(16-6-7-16)17-8-10-19(11-9-17)25-14-15-4-2-1-3-5-15/h1-5,8-12,16,20,24H,6-7,13-14H2. The zero-order chi connectivity index (χ0) is 17.1. The minimum absolute atomic E-state index is 0.0797. The molecule has 0 saturated heterocycles. The van der Waals surface area contributed by atoms with Crippen LogP contribution in [0.5, 0.6) is 5.75 Å². The van der Waals surface area contributed by atoms with Gasteiger partial charge in [0.1, 0.15) is 18.1 Å². The number of aromatic nitrogens is 3. The number of hydrogen-bond acceptors (Lipinski definition) is 4. The molecule has 0 radical (unpaired) electrons. The fourth-order valence-corrected chi connectivity index (χ4v) is 3.08. The van der Waals surface area contributed by atoms with Crippen LogP contribution in [0, 0.1) is 5.92 Å². The van der Waals surface area contributed by atoms with Crippen molar-refractivity contribution in [1.29, 1.82) is 0 Å². The van der Waals surface area contributed by atoms with E-state index in [0.717, 1.165) is 11.3 Å². The van der Waals surface area contributed by atoms with Crippen molar-refractivity contribution < 1.29 is 9.84 Å². The smallest absolute Gasteiger partial charge is 0.119 e. The van der Waals surface area contributed by atoms with Crippen molar-refractivity contribution in [2.75, 3.05) is 0 Å². The average molecular weight is 335 g/mol. The van der Waals surface area contributed by atoms with Crippen LogP contribution in [-0.4, -0.2) is 20.1 Å². The summed E-state index contributed by atoms with van der Waals surface area (Å²) in [5, 5.41) is 17.4. The maximum absolute atomic E-state index is 9.21. The first-order valence-corrected chi connectivity index (χ1v) is 8.62. The highest BCUT2D eigenvalue weighted by Crippen LogP contribution is 2.43. The van der Waals surface area contributed by atoms with Gasteiger partial charge in [-0.25, -0.2) is 4.68 Å². The summed E-state index contributed by atoms with van der Waals surface area (Å²) < 4.78 is 7.74.